The third-order valence-corrected chi connectivity index (χ3v) is 23.2. The molecule has 15 rings (SSSR count). The van der Waals surface area contributed by atoms with Crippen molar-refractivity contribution in [2.45, 2.75) is 128 Å². The van der Waals surface area contributed by atoms with Gasteiger partial charge in [-0.05, 0) is 157 Å². The molecule has 22 heteroatoms. The molecule has 514 valence electrons. The maximum absolute atomic E-state index is 13.4. The van der Waals surface area contributed by atoms with Crippen molar-refractivity contribution in [2.24, 2.45) is 38.9 Å². The minimum absolute atomic E-state index is 0. The number of aliphatic hydroxyl groups is 1. The van der Waals surface area contributed by atoms with Crippen molar-refractivity contribution in [3.05, 3.63) is 212 Å². The average Bonchev–Trinajstić information content (AvgIpc) is 1.61. The second-order valence-corrected chi connectivity index (χ2v) is 30.6. The van der Waals surface area contributed by atoms with Gasteiger partial charge < -0.3 is 5.11 Å². The molecule has 0 amide bonds. The predicted molar refractivity (Wildman–Crippen MR) is 394 cm³/mol. The number of allylic oxidation sites excluding steroid dienone is 4. The molecule has 4 atom stereocenters. The molecular weight excluding hydrogens is 1290 g/mol. The molecule has 1 N–H and O–H groups in total. The van der Waals surface area contributed by atoms with Crippen LogP contribution in [0.25, 0.3) is 77.6 Å². The molecule has 9 aromatic heterocycles. The van der Waals surface area contributed by atoms with Gasteiger partial charge in [-0.1, -0.05) is 123 Å². The van der Waals surface area contributed by atoms with E-state index in [-0.39, 0.29) is 37.0 Å². The van der Waals surface area contributed by atoms with Crippen LogP contribution in [0.1, 0.15) is 130 Å². The number of aryl methyl sites for hydroxylation is 3. The van der Waals surface area contributed by atoms with Crippen LogP contribution in [0.2, 0.25) is 0 Å². The minimum Gasteiger partial charge on any atom is -0.400 e. The van der Waals surface area contributed by atoms with E-state index in [4.69, 9.17) is 5.11 Å². The molecule has 3 aromatic carbocycles. The molecule has 9 heterocycles. The monoisotopic (exact) mass is 1380 g/mol. The summed E-state index contributed by atoms with van der Waals surface area (Å²) in [5.41, 5.74) is 12.2. The lowest BCUT2D eigenvalue weighted by molar-refractivity contribution is 0.344. The highest BCUT2D eigenvalue weighted by atomic mass is 32.2. The number of hydrogen-bond donors (Lipinski definition) is 1. The number of pyridine rings is 3. The van der Waals surface area contributed by atoms with Crippen molar-refractivity contribution < 1.29 is 30.4 Å². The fourth-order valence-corrected chi connectivity index (χ4v) is 17.3. The summed E-state index contributed by atoms with van der Waals surface area (Å²) in [7, 11) is -4.77. The third kappa shape index (κ3) is 14.9. The van der Waals surface area contributed by atoms with Crippen LogP contribution >= 0.6 is 0 Å². The molecular formula is C76H90N12O7S3. The summed E-state index contributed by atoms with van der Waals surface area (Å²) in [6.07, 6.45) is 37.5. The molecule has 0 bridgehead atoms. The van der Waals surface area contributed by atoms with Gasteiger partial charge in [-0.15, -0.1) is 0 Å². The van der Waals surface area contributed by atoms with Crippen molar-refractivity contribution in [3.8, 4) is 33.4 Å². The molecule has 3 aliphatic carbocycles. The number of benzene rings is 3. The second kappa shape index (κ2) is 30.6. The van der Waals surface area contributed by atoms with Gasteiger partial charge in [0, 0.05) is 134 Å². The zero-order chi connectivity index (χ0) is 66.8. The Morgan fingerprint density at radius 3 is 1.23 bits per heavy atom. The van der Waals surface area contributed by atoms with Gasteiger partial charge in [-0.2, -0.15) is 15.3 Å². The molecule has 1 saturated carbocycles. The molecule has 1 fully saturated rings. The fraction of sp³-hybridized carbons (Fsp3) is 0.316. The first-order valence-corrected chi connectivity index (χ1v) is 36.4. The van der Waals surface area contributed by atoms with Crippen LogP contribution in [-0.4, -0.2) is 93.7 Å². The Morgan fingerprint density at radius 2 is 0.847 bits per heavy atom. The Labute approximate surface area is 577 Å². The van der Waals surface area contributed by atoms with Crippen LogP contribution in [0.5, 0.6) is 0 Å². The van der Waals surface area contributed by atoms with Gasteiger partial charge in [0.15, 0.2) is 16.9 Å². The molecule has 12 aromatic rings. The van der Waals surface area contributed by atoms with Gasteiger partial charge in [0.1, 0.15) is 0 Å². The zero-order valence-electron chi connectivity index (χ0n) is 54.3. The van der Waals surface area contributed by atoms with Gasteiger partial charge in [0.2, 0.25) is 0 Å². The lowest BCUT2D eigenvalue weighted by Gasteiger charge is -2.26. The topological polar surface area (TPSA) is 230 Å². The number of aromatic nitrogens is 12. The summed E-state index contributed by atoms with van der Waals surface area (Å²) in [5.74, 6) is 2.35. The van der Waals surface area contributed by atoms with Crippen LogP contribution < -0.4 is 0 Å². The maximum Gasteiger partial charge on any atom is 0.269 e. The lowest BCUT2D eigenvalue weighted by atomic mass is 9.79. The van der Waals surface area contributed by atoms with Crippen LogP contribution in [-0.2, 0) is 51.2 Å². The molecule has 3 aliphatic rings. The Hall–Kier alpha value is -9.35. The molecule has 19 nitrogen and oxygen atoms in total. The van der Waals surface area contributed by atoms with Crippen molar-refractivity contribution in [1.82, 2.24) is 56.2 Å². The van der Waals surface area contributed by atoms with Crippen LogP contribution in [0.4, 0.5) is 0 Å². The van der Waals surface area contributed by atoms with E-state index in [9.17, 15) is 25.3 Å². The Morgan fingerprint density at radius 1 is 0.439 bits per heavy atom. The van der Waals surface area contributed by atoms with E-state index < -0.39 is 30.1 Å². The summed E-state index contributed by atoms with van der Waals surface area (Å²) in [6.45, 7) is 6.81. The largest absolute Gasteiger partial charge is 0.400 e. The van der Waals surface area contributed by atoms with E-state index >= 15 is 0 Å². The highest BCUT2D eigenvalue weighted by Gasteiger charge is 2.29. The normalized spacial score (nSPS) is 17.1. The highest BCUT2D eigenvalue weighted by Crippen LogP contribution is 2.42. The summed E-state index contributed by atoms with van der Waals surface area (Å²) in [5, 5.41) is 22.3. The van der Waals surface area contributed by atoms with Gasteiger partial charge in [-0.3, -0.25) is 14.0 Å². The Bertz CT molecular complexity index is 5160. The van der Waals surface area contributed by atoms with Crippen LogP contribution in [0, 0.1) is 17.8 Å². The van der Waals surface area contributed by atoms with Crippen molar-refractivity contribution in [3.63, 3.8) is 0 Å². The van der Waals surface area contributed by atoms with E-state index in [2.05, 4.69) is 81.4 Å². The van der Waals surface area contributed by atoms with E-state index in [1.165, 1.54) is 54.3 Å². The van der Waals surface area contributed by atoms with Gasteiger partial charge >= 0.3 is 0 Å². The van der Waals surface area contributed by atoms with E-state index in [1.54, 1.807) is 149 Å². The quantitative estimate of drug-likeness (QED) is 0.120. The zero-order valence-corrected chi connectivity index (χ0v) is 56.8. The number of rotatable bonds is 12. The van der Waals surface area contributed by atoms with Crippen molar-refractivity contribution in [1.29, 1.82) is 0 Å². The van der Waals surface area contributed by atoms with Crippen molar-refractivity contribution >= 4 is 74.3 Å². The summed E-state index contributed by atoms with van der Waals surface area (Å²) in [6, 6.07) is 31.7. The Kier molecular flexibility index (Phi) is 22.8. The molecule has 98 heavy (non-hydrogen) atoms. The van der Waals surface area contributed by atoms with Crippen molar-refractivity contribution in [2.75, 3.05) is 7.11 Å². The molecule has 0 saturated heterocycles. The fourth-order valence-electron chi connectivity index (χ4n) is 13.3. The first-order chi connectivity index (χ1) is 45.8. The SMILES string of the molecule is C.C.C.CC1C=C(c2cnc3c(c2)c(-c2cnn(C)c2)cn3S(=O)(=O)c2ccccc2)CCC1.CC1CCC=C(c2cnc3c(c2)c(-c2cnn(C)c2)cn3S(=O)(=O)c2ccccc2)C1.CC1CCCC(c2cnc3c(c2)c(-c2cnn(C)c2)cn3S(=O)(=O)c2ccccc2)C1.CO. The maximum atomic E-state index is 13.4. The van der Waals surface area contributed by atoms with Gasteiger partial charge in [0.05, 0.1) is 33.3 Å². The number of aliphatic hydroxyl groups excluding tert-OH is 1. The molecule has 4 unspecified atom stereocenters. The average molecular weight is 1380 g/mol. The van der Waals surface area contributed by atoms with Crippen LogP contribution in [0.3, 0.4) is 0 Å². The smallest absolute Gasteiger partial charge is 0.269 e. The van der Waals surface area contributed by atoms with Crippen LogP contribution in [0.15, 0.2) is 210 Å². The third-order valence-electron chi connectivity index (χ3n) is 18.2. The summed E-state index contributed by atoms with van der Waals surface area (Å²) in [4.78, 5) is 14.7. The molecule has 0 aliphatic heterocycles. The predicted octanol–water partition coefficient (Wildman–Crippen LogP) is 16.2. The van der Waals surface area contributed by atoms with E-state index in [1.807, 2.05) is 52.0 Å². The summed E-state index contributed by atoms with van der Waals surface area (Å²) >= 11 is 0. The minimum atomic E-state index is -3.78. The first-order valence-electron chi connectivity index (χ1n) is 32.1. The number of fused-ring (bicyclic) bond motifs is 3. The standard InChI is InChI=1S/C24H26N4O2S.2C24H24N4O2S.CH4O.3CH4/c3*1-17-7-6-8-18(11-17)19-12-22-23(20-14-26-27(2)15-20)16-28(24(22)25-13-19)31(29,30)21-9-4-3-5-10-21;1-2;;;/h3-5,9-10,12-18H,6-8,11H2,1-2H3;3-5,9-17H,6-8H2,1-2H3;3-5,8-10,12-17H,6-7,11H2,1-2H3;2H,1H3;3*1H4. The van der Waals surface area contributed by atoms with Gasteiger partial charge in [0.25, 0.3) is 30.1 Å². The molecule has 0 spiro atoms. The highest BCUT2D eigenvalue weighted by molar-refractivity contribution is 7.90. The second-order valence-electron chi connectivity index (χ2n) is 25.2. The molecule has 0 radical (unpaired) electrons. The van der Waals surface area contributed by atoms with E-state index in [0.29, 0.717) is 40.6 Å². The number of hydrogen-bond acceptors (Lipinski definition) is 13. The van der Waals surface area contributed by atoms with Gasteiger partial charge in [-0.25, -0.2) is 52.1 Å². The number of nitrogens with zero attached hydrogens (tertiary/aromatic N) is 12. The Balaban J connectivity index is 0.000000167. The lowest BCUT2D eigenvalue weighted by Crippen LogP contribution is -2.13. The first kappa shape index (κ1) is 72.9. The summed E-state index contributed by atoms with van der Waals surface area (Å²) < 4.78 is 89.6. The van der Waals surface area contributed by atoms with E-state index in [0.717, 1.165) is 106 Å².